The number of aromatic nitrogens is 2. The molecule has 0 amide bonds. The van der Waals surface area contributed by atoms with Gasteiger partial charge >= 0.3 is 5.97 Å². The molecule has 0 fully saturated rings. The van der Waals surface area contributed by atoms with Gasteiger partial charge in [0.05, 0.1) is 13.2 Å². The highest BCUT2D eigenvalue weighted by Crippen LogP contribution is 2.09. The molecule has 5 nitrogen and oxygen atoms in total. The van der Waals surface area contributed by atoms with Crippen molar-refractivity contribution in [1.82, 2.24) is 9.55 Å². The van der Waals surface area contributed by atoms with Gasteiger partial charge in [-0.3, -0.25) is 0 Å². The number of carbonyl (C=O) groups is 1. The lowest BCUT2D eigenvalue weighted by Gasteiger charge is -2.23. The van der Waals surface area contributed by atoms with Crippen LogP contribution < -0.4 is 5.73 Å². The van der Waals surface area contributed by atoms with Gasteiger partial charge in [-0.1, -0.05) is 6.92 Å². The summed E-state index contributed by atoms with van der Waals surface area (Å²) >= 11 is 0. The van der Waals surface area contributed by atoms with E-state index >= 15 is 0 Å². The van der Waals surface area contributed by atoms with E-state index in [1.165, 1.54) is 0 Å². The molecule has 0 saturated heterocycles. The first-order valence-electron chi connectivity index (χ1n) is 5.47. The zero-order chi connectivity index (χ0) is 12.2. The molecule has 0 saturated carbocycles. The Morgan fingerprint density at radius 2 is 2.31 bits per heavy atom. The van der Waals surface area contributed by atoms with Crippen molar-refractivity contribution in [2.45, 2.75) is 39.3 Å². The van der Waals surface area contributed by atoms with Crippen molar-refractivity contribution in [3.63, 3.8) is 0 Å². The highest BCUT2D eigenvalue weighted by atomic mass is 16.5. The molecule has 0 aromatic carbocycles. The Labute approximate surface area is 95.6 Å². The molecule has 5 heteroatoms. The van der Waals surface area contributed by atoms with Crippen molar-refractivity contribution in [3.05, 3.63) is 18.2 Å². The first kappa shape index (κ1) is 12.7. The third kappa shape index (κ3) is 2.82. The molecule has 1 heterocycles. The van der Waals surface area contributed by atoms with Crippen LogP contribution in [0.3, 0.4) is 0 Å². The molecule has 2 N–H and O–H groups in total. The van der Waals surface area contributed by atoms with Crippen LogP contribution in [0.5, 0.6) is 0 Å². The second-order valence-electron chi connectivity index (χ2n) is 3.96. The fourth-order valence-electron chi connectivity index (χ4n) is 1.51. The van der Waals surface area contributed by atoms with Gasteiger partial charge in [0, 0.05) is 18.8 Å². The monoisotopic (exact) mass is 225 g/mol. The smallest absolute Gasteiger partial charge is 0.327 e. The van der Waals surface area contributed by atoms with E-state index in [0.717, 1.165) is 12.2 Å². The molecule has 0 bridgehead atoms. The average molecular weight is 225 g/mol. The topological polar surface area (TPSA) is 70.1 Å². The predicted molar refractivity (Wildman–Crippen MR) is 60.8 cm³/mol. The first-order valence-corrected chi connectivity index (χ1v) is 5.47. The van der Waals surface area contributed by atoms with Crippen LogP contribution in [-0.4, -0.2) is 27.7 Å². The van der Waals surface area contributed by atoms with Crippen LogP contribution in [0.2, 0.25) is 0 Å². The van der Waals surface area contributed by atoms with E-state index in [2.05, 4.69) is 4.98 Å². The summed E-state index contributed by atoms with van der Waals surface area (Å²) in [6, 6.07) is 0. The molecule has 0 aliphatic rings. The normalized spacial score (nSPS) is 14.5. The summed E-state index contributed by atoms with van der Waals surface area (Å²) < 4.78 is 6.82. The van der Waals surface area contributed by atoms with Crippen molar-refractivity contribution in [3.8, 4) is 0 Å². The summed E-state index contributed by atoms with van der Waals surface area (Å²) in [7, 11) is 0. The molecule has 1 atom stereocenters. The van der Waals surface area contributed by atoms with Gasteiger partial charge < -0.3 is 15.0 Å². The van der Waals surface area contributed by atoms with E-state index in [-0.39, 0.29) is 5.97 Å². The molecule has 90 valence electrons. The number of ether oxygens (including phenoxy) is 1. The summed E-state index contributed by atoms with van der Waals surface area (Å²) in [6.45, 7) is 6.18. The Morgan fingerprint density at radius 3 is 2.88 bits per heavy atom. The number of hydrogen-bond acceptors (Lipinski definition) is 4. The molecule has 0 aliphatic carbocycles. The van der Waals surface area contributed by atoms with E-state index in [9.17, 15) is 4.79 Å². The second kappa shape index (κ2) is 5.12. The summed E-state index contributed by atoms with van der Waals surface area (Å²) in [5.74, 6) is 0.534. The third-order valence-corrected chi connectivity index (χ3v) is 2.36. The van der Waals surface area contributed by atoms with E-state index in [1.807, 2.05) is 17.7 Å². The molecule has 1 rings (SSSR count). The number of imidazole rings is 1. The van der Waals surface area contributed by atoms with Crippen molar-refractivity contribution in [2.24, 2.45) is 5.73 Å². The van der Waals surface area contributed by atoms with Crippen LogP contribution in [0.25, 0.3) is 0 Å². The van der Waals surface area contributed by atoms with Crippen LogP contribution >= 0.6 is 0 Å². The van der Waals surface area contributed by atoms with Crippen LogP contribution in [0.15, 0.2) is 12.4 Å². The Kier molecular flexibility index (Phi) is 4.06. The van der Waals surface area contributed by atoms with Gasteiger partial charge in [-0.25, -0.2) is 9.78 Å². The number of aryl methyl sites for hydroxylation is 1. The molecular weight excluding hydrogens is 206 g/mol. The lowest BCUT2D eigenvalue weighted by Crippen LogP contribution is -2.49. The van der Waals surface area contributed by atoms with Gasteiger partial charge in [0.2, 0.25) is 0 Å². The predicted octanol–water partition coefficient (Wildman–Crippen LogP) is 0.726. The number of nitrogens with two attached hydrogens (primary N) is 1. The van der Waals surface area contributed by atoms with Gasteiger partial charge in [-0.05, 0) is 13.8 Å². The van der Waals surface area contributed by atoms with Crippen LogP contribution in [0.4, 0.5) is 0 Å². The number of esters is 1. The minimum absolute atomic E-state index is 0.343. The highest BCUT2D eigenvalue weighted by molar-refractivity contribution is 5.79. The zero-order valence-corrected chi connectivity index (χ0v) is 10.1. The molecule has 16 heavy (non-hydrogen) atoms. The summed E-state index contributed by atoms with van der Waals surface area (Å²) in [4.78, 5) is 15.8. The minimum Gasteiger partial charge on any atom is -0.465 e. The van der Waals surface area contributed by atoms with E-state index < -0.39 is 5.54 Å². The van der Waals surface area contributed by atoms with Gasteiger partial charge in [0.25, 0.3) is 0 Å². The Morgan fingerprint density at radius 1 is 1.62 bits per heavy atom. The second-order valence-corrected chi connectivity index (χ2v) is 3.96. The molecule has 1 aromatic rings. The Bertz CT molecular complexity index is 358. The molecule has 0 aliphatic heterocycles. The van der Waals surface area contributed by atoms with Crippen molar-refractivity contribution >= 4 is 5.97 Å². The average Bonchev–Trinajstić information content (AvgIpc) is 2.64. The maximum atomic E-state index is 11.6. The lowest BCUT2D eigenvalue weighted by molar-refractivity contribution is -0.149. The fraction of sp³-hybridized carbons (Fsp3) is 0.636. The molecule has 1 aromatic heterocycles. The quantitative estimate of drug-likeness (QED) is 0.750. The SMILES string of the molecule is CCOC(=O)C(C)(N)Cn1ccnc1CC. The maximum absolute atomic E-state index is 11.6. The number of carbonyl (C=O) groups excluding carboxylic acids is 1. The van der Waals surface area contributed by atoms with Crippen molar-refractivity contribution < 1.29 is 9.53 Å². The first-order chi connectivity index (χ1) is 7.51. The number of rotatable bonds is 5. The molecule has 0 radical (unpaired) electrons. The fourth-order valence-corrected chi connectivity index (χ4v) is 1.51. The van der Waals surface area contributed by atoms with Crippen molar-refractivity contribution in [2.75, 3.05) is 6.61 Å². The molecular formula is C11H19N3O2. The third-order valence-electron chi connectivity index (χ3n) is 2.36. The van der Waals surface area contributed by atoms with Crippen LogP contribution in [-0.2, 0) is 22.5 Å². The van der Waals surface area contributed by atoms with Crippen LogP contribution in [0.1, 0.15) is 26.6 Å². The van der Waals surface area contributed by atoms with E-state index in [4.69, 9.17) is 10.5 Å². The standard InChI is InChI=1S/C11H19N3O2/c1-4-9-13-6-7-14(9)8-11(3,12)10(15)16-5-2/h6-7H,4-5,8,12H2,1-3H3. The maximum Gasteiger partial charge on any atom is 0.327 e. The molecule has 1 unspecified atom stereocenters. The highest BCUT2D eigenvalue weighted by Gasteiger charge is 2.30. The zero-order valence-electron chi connectivity index (χ0n) is 10.1. The van der Waals surface area contributed by atoms with Gasteiger partial charge in [0.1, 0.15) is 11.4 Å². The Hall–Kier alpha value is -1.36. The van der Waals surface area contributed by atoms with Gasteiger partial charge in [-0.2, -0.15) is 0 Å². The summed E-state index contributed by atoms with van der Waals surface area (Å²) in [5.41, 5.74) is 4.92. The summed E-state index contributed by atoms with van der Waals surface area (Å²) in [6.07, 6.45) is 4.34. The van der Waals surface area contributed by atoms with Crippen molar-refractivity contribution in [1.29, 1.82) is 0 Å². The largest absolute Gasteiger partial charge is 0.465 e. The van der Waals surface area contributed by atoms with Gasteiger partial charge in [0.15, 0.2) is 0 Å². The minimum atomic E-state index is -1.01. The number of hydrogen-bond donors (Lipinski definition) is 1. The van der Waals surface area contributed by atoms with Gasteiger partial charge in [-0.15, -0.1) is 0 Å². The van der Waals surface area contributed by atoms with E-state index in [1.54, 1.807) is 20.0 Å². The Balaban J connectivity index is 2.75. The number of nitrogens with zero attached hydrogens (tertiary/aromatic N) is 2. The van der Waals surface area contributed by atoms with E-state index in [0.29, 0.717) is 13.2 Å². The molecule has 0 spiro atoms. The van der Waals surface area contributed by atoms with Crippen LogP contribution in [0, 0.1) is 0 Å². The summed E-state index contributed by atoms with van der Waals surface area (Å²) in [5, 5.41) is 0. The lowest BCUT2D eigenvalue weighted by atomic mass is 10.0.